The summed E-state index contributed by atoms with van der Waals surface area (Å²) < 4.78 is 76.4. The third-order valence-electron chi connectivity index (χ3n) is 6.84. The number of carbonyl (C=O) groups is 2. The lowest BCUT2D eigenvalue weighted by Crippen LogP contribution is -2.39. The number of urea groups is 1. The van der Waals surface area contributed by atoms with Crippen molar-refractivity contribution in [3.8, 4) is 17.3 Å². The van der Waals surface area contributed by atoms with E-state index in [0.29, 0.717) is 16.8 Å². The molecule has 2 aromatic carbocycles. The first kappa shape index (κ1) is 34.3. The van der Waals surface area contributed by atoms with Gasteiger partial charge in [-0.25, -0.2) is 18.7 Å². The standard InChI is InChI=1S/C31H37F4N5O6/c1-20-25(37-27(41)36-16-22-15-21(17-43-5)11-12-24(22)45-31(33,34)35)40(23-9-7-6-8-10-23)38-26(20)44-19-30(32)13-14-39(18-30)28(42)46-29(2,3)4/h6-12,15H,13-14,16-19H2,1-5H3,(H2,36,37,41). The van der Waals surface area contributed by atoms with Crippen molar-refractivity contribution in [2.24, 2.45) is 0 Å². The second-order valence-corrected chi connectivity index (χ2v) is 11.8. The number of alkyl halides is 4. The molecule has 2 N–H and O–H groups in total. The van der Waals surface area contributed by atoms with E-state index in [1.165, 1.54) is 28.8 Å². The molecule has 1 fully saturated rings. The summed E-state index contributed by atoms with van der Waals surface area (Å²) in [7, 11) is 1.45. The monoisotopic (exact) mass is 651 g/mol. The van der Waals surface area contributed by atoms with E-state index < -0.39 is 42.1 Å². The molecule has 1 atom stereocenters. The van der Waals surface area contributed by atoms with Crippen LogP contribution in [-0.2, 0) is 22.6 Å². The number of hydrogen-bond acceptors (Lipinski definition) is 7. The van der Waals surface area contributed by atoms with Gasteiger partial charge in [-0.1, -0.05) is 24.3 Å². The number of hydrogen-bond donors (Lipinski definition) is 2. The largest absolute Gasteiger partial charge is 0.573 e. The van der Waals surface area contributed by atoms with Crippen LogP contribution in [0.25, 0.3) is 5.69 Å². The van der Waals surface area contributed by atoms with E-state index in [9.17, 15) is 22.8 Å². The summed E-state index contributed by atoms with van der Waals surface area (Å²) in [5, 5.41) is 9.67. The highest BCUT2D eigenvalue weighted by atomic mass is 19.4. The Bertz CT molecular complexity index is 1530. The van der Waals surface area contributed by atoms with Gasteiger partial charge < -0.3 is 29.2 Å². The first-order valence-electron chi connectivity index (χ1n) is 14.4. The van der Waals surface area contributed by atoms with Crippen LogP contribution < -0.4 is 20.1 Å². The summed E-state index contributed by atoms with van der Waals surface area (Å²) in [5.74, 6) is -0.237. The smallest absolute Gasteiger partial charge is 0.473 e. The normalized spacial score (nSPS) is 16.7. The molecule has 1 unspecified atom stereocenters. The molecule has 1 aliphatic heterocycles. The summed E-state index contributed by atoms with van der Waals surface area (Å²) in [4.78, 5) is 26.8. The van der Waals surface area contributed by atoms with E-state index in [2.05, 4.69) is 20.5 Å². The number of aromatic nitrogens is 2. The number of benzene rings is 2. The summed E-state index contributed by atoms with van der Waals surface area (Å²) >= 11 is 0. The van der Waals surface area contributed by atoms with Crippen LogP contribution in [0.1, 0.15) is 43.9 Å². The molecule has 15 heteroatoms. The van der Waals surface area contributed by atoms with Crippen LogP contribution >= 0.6 is 0 Å². The maximum atomic E-state index is 15.7. The molecule has 0 spiro atoms. The van der Waals surface area contributed by atoms with Crippen LogP contribution in [0.3, 0.4) is 0 Å². The molecule has 1 saturated heterocycles. The minimum Gasteiger partial charge on any atom is -0.473 e. The van der Waals surface area contributed by atoms with Gasteiger partial charge >= 0.3 is 18.5 Å². The van der Waals surface area contributed by atoms with Crippen molar-refractivity contribution in [3.05, 3.63) is 65.2 Å². The van der Waals surface area contributed by atoms with Crippen molar-refractivity contribution >= 4 is 17.9 Å². The number of anilines is 1. The molecule has 2 heterocycles. The molecular formula is C31H37F4N5O6. The number of methoxy groups -OCH3 is 1. The fraction of sp³-hybridized carbons (Fsp3) is 0.452. The second kappa shape index (κ2) is 13.8. The fourth-order valence-electron chi connectivity index (χ4n) is 4.73. The van der Waals surface area contributed by atoms with Crippen LogP contribution in [0.5, 0.6) is 11.6 Å². The zero-order valence-corrected chi connectivity index (χ0v) is 26.2. The quantitative estimate of drug-likeness (QED) is 0.248. The number of ether oxygens (including phenoxy) is 4. The Morgan fingerprint density at radius 2 is 1.80 bits per heavy atom. The molecule has 46 heavy (non-hydrogen) atoms. The number of likely N-dealkylation sites (tertiary alicyclic amines) is 1. The van der Waals surface area contributed by atoms with Crippen LogP contribution in [0.15, 0.2) is 48.5 Å². The van der Waals surface area contributed by atoms with Gasteiger partial charge in [-0.05, 0) is 57.5 Å². The number of nitrogens with zero attached hydrogens (tertiary/aromatic N) is 3. The van der Waals surface area contributed by atoms with E-state index in [1.54, 1.807) is 58.0 Å². The lowest BCUT2D eigenvalue weighted by Gasteiger charge is -2.25. The number of nitrogens with one attached hydrogen (secondary N) is 2. The number of para-hydroxylation sites is 1. The number of rotatable bonds is 10. The maximum Gasteiger partial charge on any atom is 0.573 e. The molecule has 0 saturated carbocycles. The van der Waals surface area contributed by atoms with Gasteiger partial charge in [0, 0.05) is 32.2 Å². The molecule has 3 amide bonds. The lowest BCUT2D eigenvalue weighted by atomic mass is 10.1. The van der Waals surface area contributed by atoms with E-state index in [4.69, 9.17) is 14.2 Å². The van der Waals surface area contributed by atoms with Crippen molar-refractivity contribution in [2.75, 3.05) is 32.1 Å². The van der Waals surface area contributed by atoms with Crippen molar-refractivity contribution in [1.29, 1.82) is 0 Å². The highest BCUT2D eigenvalue weighted by molar-refractivity contribution is 5.89. The zero-order chi connectivity index (χ0) is 33.7. The van der Waals surface area contributed by atoms with E-state index in [1.807, 2.05) is 0 Å². The molecule has 0 aliphatic carbocycles. The SMILES string of the molecule is COCc1ccc(OC(F)(F)F)c(CNC(=O)Nc2c(C)c(OCC3(F)CCN(C(=O)OC(C)(C)C)C3)nn2-c2ccccc2)c1. The Labute approximate surface area is 263 Å². The third-order valence-corrected chi connectivity index (χ3v) is 6.84. The van der Waals surface area contributed by atoms with Gasteiger partial charge in [0.25, 0.3) is 0 Å². The summed E-state index contributed by atoms with van der Waals surface area (Å²) in [6.07, 6.45) is -5.51. The van der Waals surface area contributed by atoms with Gasteiger partial charge in [-0.3, -0.25) is 5.32 Å². The predicted molar refractivity (Wildman–Crippen MR) is 160 cm³/mol. The van der Waals surface area contributed by atoms with Gasteiger partial charge in [0.05, 0.1) is 24.4 Å². The van der Waals surface area contributed by atoms with Gasteiger partial charge in [0.15, 0.2) is 5.67 Å². The van der Waals surface area contributed by atoms with Gasteiger partial charge in [0.1, 0.15) is 23.8 Å². The molecule has 1 aliphatic rings. The molecular weight excluding hydrogens is 614 g/mol. The summed E-state index contributed by atoms with van der Waals surface area (Å²) in [5.41, 5.74) is -1.01. The van der Waals surface area contributed by atoms with Crippen LogP contribution in [0.2, 0.25) is 0 Å². The minimum absolute atomic E-state index is 0.0316. The average molecular weight is 652 g/mol. The Kier molecular flexibility index (Phi) is 10.3. The van der Waals surface area contributed by atoms with Gasteiger partial charge in [0.2, 0.25) is 5.88 Å². The van der Waals surface area contributed by atoms with Crippen LogP contribution in [0.4, 0.5) is 33.0 Å². The zero-order valence-electron chi connectivity index (χ0n) is 26.2. The predicted octanol–water partition coefficient (Wildman–Crippen LogP) is 6.28. The molecule has 250 valence electrons. The van der Waals surface area contributed by atoms with Gasteiger partial charge in [-0.15, -0.1) is 18.3 Å². The highest BCUT2D eigenvalue weighted by Crippen LogP contribution is 2.32. The summed E-state index contributed by atoms with van der Waals surface area (Å²) in [6.45, 7) is 6.15. The van der Waals surface area contributed by atoms with Crippen molar-refractivity contribution < 1.29 is 46.1 Å². The van der Waals surface area contributed by atoms with Crippen molar-refractivity contribution in [1.82, 2.24) is 20.0 Å². The molecule has 0 bridgehead atoms. The van der Waals surface area contributed by atoms with E-state index >= 15 is 4.39 Å². The van der Waals surface area contributed by atoms with E-state index in [-0.39, 0.29) is 49.9 Å². The third kappa shape index (κ3) is 9.25. The van der Waals surface area contributed by atoms with E-state index in [0.717, 1.165) is 6.07 Å². The molecule has 1 aromatic heterocycles. The topological polar surface area (TPSA) is 116 Å². The Morgan fingerprint density at radius 1 is 1.09 bits per heavy atom. The van der Waals surface area contributed by atoms with Crippen molar-refractivity contribution in [3.63, 3.8) is 0 Å². The Balaban J connectivity index is 1.49. The molecule has 11 nitrogen and oxygen atoms in total. The molecule has 0 radical (unpaired) electrons. The second-order valence-electron chi connectivity index (χ2n) is 11.8. The first-order chi connectivity index (χ1) is 21.6. The Morgan fingerprint density at radius 3 is 2.46 bits per heavy atom. The minimum atomic E-state index is -4.93. The molecule has 4 rings (SSSR count). The number of halogens is 4. The average Bonchev–Trinajstić information content (AvgIpc) is 3.51. The Hall–Kier alpha value is -4.53. The maximum absolute atomic E-state index is 15.7. The number of carbonyl (C=O) groups excluding carboxylic acids is 2. The number of amides is 3. The first-order valence-corrected chi connectivity index (χ1v) is 14.4. The fourth-order valence-corrected chi connectivity index (χ4v) is 4.73. The highest BCUT2D eigenvalue weighted by Gasteiger charge is 2.43. The lowest BCUT2D eigenvalue weighted by molar-refractivity contribution is -0.274. The van der Waals surface area contributed by atoms with Crippen molar-refractivity contribution in [2.45, 2.75) is 64.9 Å². The molecule has 3 aromatic rings. The van der Waals surface area contributed by atoms with Gasteiger partial charge in [-0.2, -0.15) is 0 Å². The van der Waals surface area contributed by atoms with Crippen LogP contribution in [0, 0.1) is 6.92 Å². The summed E-state index contributed by atoms with van der Waals surface area (Å²) in [6, 6.07) is 12.0. The van der Waals surface area contributed by atoms with Crippen LogP contribution in [-0.4, -0.2) is 71.2 Å².